The third-order valence-corrected chi connectivity index (χ3v) is 8.76. The third-order valence-electron chi connectivity index (χ3n) is 8.76. The van der Waals surface area contributed by atoms with Crippen molar-refractivity contribution >= 4 is 17.2 Å². The summed E-state index contributed by atoms with van der Waals surface area (Å²) in [6, 6.07) is 13.4. The lowest BCUT2D eigenvalue weighted by atomic mass is 9.91. The van der Waals surface area contributed by atoms with Gasteiger partial charge in [0.05, 0.1) is 41.1 Å². The monoisotopic (exact) mass is 571 g/mol. The van der Waals surface area contributed by atoms with Gasteiger partial charge in [-0.15, -0.1) is 0 Å². The summed E-state index contributed by atoms with van der Waals surface area (Å²) in [5.74, 6) is -0.616. The molecule has 0 amide bonds. The van der Waals surface area contributed by atoms with E-state index in [0.29, 0.717) is 30.1 Å². The molecule has 0 saturated carbocycles. The average molecular weight is 572 g/mol. The summed E-state index contributed by atoms with van der Waals surface area (Å²) in [6.07, 6.45) is 6.30. The van der Waals surface area contributed by atoms with Crippen molar-refractivity contribution in [2.75, 3.05) is 31.2 Å². The first-order valence-electron chi connectivity index (χ1n) is 14.9. The summed E-state index contributed by atoms with van der Waals surface area (Å²) in [4.78, 5) is 14.3. The number of pyridine rings is 1. The fourth-order valence-electron chi connectivity index (χ4n) is 6.26. The molecule has 7 rings (SSSR count). The van der Waals surface area contributed by atoms with E-state index in [0.717, 1.165) is 84.3 Å². The number of aryl methyl sites for hydroxylation is 2. The maximum atomic E-state index is 15.6. The molecule has 3 aliphatic heterocycles. The number of ether oxygens (including phenoxy) is 2. The van der Waals surface area contributed by atoms with E-state index < -0.39 is 5.97 Å². The number of carboxylic acid groups (broad SMARTS) is 1. The number of anilines is 1. The molecule has 1 N–H and O–H groups in total. The minimum atomic E-state index is -0.860. The highest BCUT2D eigenvalue weighted by molar-refractivity contribution is 5.86. The van der Waals surface area contributed by atoms with Gasteiger partial charge in [-0.3, -0.25) is 4.79 Å². The van der Waals surface area contributed by atoms with E-state index in [1.54, 1.807) is 13.0 Å². The van der Waals surface area contributed by atoms with Crippen LogP contribution in [-0.4, -0.2) is 52.6 Å². The van der Waals surface area contributed by atoms with Crippen LogP contribution in [0.4, 0.5) is 10.1 Å². The molecule has 2 aromatic heterocycles. The number of hydrogen-bond acceptors (Lipinski definition) is 5. The molecule has 5 heterocycles. The van der Waals surface area contributed by atoms with E-state index in [1.807, 2.05) is 54.0 Å². The Bertz CT molecular complexity index is 1640. The van der Waals surface area contributed by atoms with Crippen molar-refractivity contribution in [3.8, 4) is 28.1 Å². The lowest BCUT2D eigenvalue weighted by molar-refractivity contribution is -0.136. The standard InChI is InChI=1S/C34H38FN3O4/c1-22-10-11-29-31(32(22)35)25-9-7-8-24(18-25)27-20-28-33(26(19-30(39)40)23(2)21-38(28)36-27)37-14-12-34(3,13-15-37)42-17-6-4-5-16-41-29/h7-11,18,20-21H,4-6,12-17,19H2,1-3H3,(H,39,40). The second kappa shape index (κ2) is 11.4. The van der Waals surface area contributed by atoms with Gasteiger partial charge in [0.2, 0.25) is 0 Å². The lowest BCUT2D eigenvalue weighted by Crippen LogP contribution is -2.45. The zero-order chi connectivity index (χ0) is 29.4. The molecule has 220 valence electrons. The Morgan fingerprint density at radius 2 is 1.79 bits per heavy atom. The fraction of sp³-hybridized carbons (Fsp3) is 0.412. The second-order valence-corrected chi connectivity index (χ2v) is 11.9. The number of rotatable bonds is 2. The van der Waals surface area contributed by atoms with Crippen molar-refractivity contribution in [2.45, 2.75) is 64.9 Å². The molecule has 0 radical (unpaired) electrons. The first kappa shape index (κ1) is 28.2. The molecule has 1 fully saturated rings. The summed E-state index contributed by atoms with van der Waals surface area (Å²) in [6.45, 7) is 8.61. The minimum absolute atomic E-state index is 0.0622. The van der Waals surface area contributed by atoms with Crippen molar-refractivity contribution in [3.05, 3.63) is 71.2 Å². The van der Waals surface area contributed by atoms with E-state index >= 15 is 4.39 Å². The summed E-state index contributed by atoms with van der Waals surface area (Å²) < 4.78 is 30.0. The van der Waals surface area contributed by atoms with E-state index in [2.05, 4.69) is 11.8 Å². The predicted octanol–water partition coefficient (Wildman–Crippen LogP) is 6.99. The molecule has 0 atom stereocenters. The first-order valence-corrected chi connectivity index (χ1v) is 14.9. The minimum Gasteiger partial charge on any atom is -0.493 e. The first-order chi connectivity index (χ1) is 20.2. The molecule has 42 heavy (non-hydrogen) atoms. The maximum Gasteiger partial charge on any atom is 0.307 e. The van der Waals surface area contributed by atoms with Crippen molar-refractivity contribution in [3.63, 3.8) is 0 Å². The lowest BCUT2D eigenvalue weighted by Gasteiger charge is -2.41. The Kier molecular flexibility index (Phi) is 7.66. The van der Waals surface area contributed by atoms with Gasteiger partial charge in [0.1, 0.15) is 11.6 Å². The van der Waals surface area contributed by atoms with Gasteiger partial charge in [0, 0.05) is 31.5 Å². The van der Waals surface area contributed by atoms with Crippen molar-refractivity contribution in [2.24, 2.45) is 0 Å². The molecule has 0 unspecified atom stereocenters. The van der Waals surface area contributed by atoms with Gasteiger partial charge in [-0.25, -0.2) is 8.91 Å². The summed E-state index contributed by atoms with van der Waals surface area (Å²) in [5.41, 5.74) is 6.58. The van der Waals surface area contributed by atoms with Crippen LogP contribution in [0.3, 0.4) is 0 Å². The van der Waals surface area contributed by atoms with Gasteiger partial charge < -0.3 is 19.5 Å². The maximum absolute atomic E-state index is 15.6. The second-order valence-electron chi connectivity index (χ2n) is 11.9. The molecule has 8 heteroatoms. The molecular formula is C34H38FN3O4. The highest BCUT2D eigenvalue weighted by atomic mass is 19.1. The van der Waals surface area contributed by atoms with Crippen molar-refractivity contribution in [1.82, 2.24) is 9.61 Å². The summed E-state index contributed by atoms with van der Waals surface area (Å²) in [7, 11) is 0. The van der Waals surface area contributed by atoms with Crippen LogP contribution in [0.1, 0.15) is 55.7 Å². The third kappa shape index (κ3) is 5.48. The quantitative estimate of drug-likeness (QED) is 0.280. The molecular weight excluding hydrogens is 533 g/mol. The van der Waals surface area contributed by atoms with Crippen LogP contribution < -0.4 is 9.64 Å². The molecule has 3 aliphatic rings. The van der Waals surface area contributed by atoms with E-state index in [9.17, 15) is 9.90 Å². The summed E-state index contributed by atoms with van der Waals surface area (Å²) >= 11 is 0. The van der Waals surface area contributed by atoms with Crippen molar-refractivity contribution < 1.29 is 23.8 Å². The Balaban J connectivity index is 1.51. The highest BCUT2D eigenvalue weighted by Crippen LogP contribution is 2.39. The topological polar surface area (TPSA) is 76.3 Å². The Hall–Kier alpha value is -3.91. The molecule has 6 bridgehead atoms. The number of carboxylic acids is 1. The number of benzene rings is 2. The number of aliphatic carboxylic acids is 1. The molecule has 4 aromatic rings. The molecule has 7 nitrogen and oxygen atoms in total. The number of piperidine rings is 1. The number of carbonyl (C=O) groups is 1. The van der Waals surface area contributed by atoms with Gasteiger partial charge >= 0.3 is 5.97 Å². The van der Waals surface area contributed by atoms with Crippen LogP contribution in [0.25, 0.3) is 27.9 Å². The van der Waals surface area contributed by atoms with Crippen LogP contribution in [0.2, 0.25) is 0 Å². The Morgan fingerprint density at radius 1 is 1.02 bits per heavy atom. The van der Waals surface area contributed by atoms with Gasteiger partial charge in [0.25, 0.3) is 0 Å². The van der Waals surface area contributed by atoms with Crippen LogP contribution in [-0.2, 0) is 16.0 Å². The van der Waals surface area contributed by atoms with Crippen LogP contribution >= 0.6 is 0 Å². The van der Waals surface area contributed by atoms with Crippen LogP contribution in [0.5, 0.6) is 5.75 Å². The smallest absolute Gasteiger partial charge is 0.307 e. The van der Waals surface area contributed by atoms with Gasteiger partial charge in [-0.2, -0.15) is 5.10 Å². The number of nitrogens with zero attached hydrogens (tertiary/aromatic N) is 3. The van der Waals surface area contributed by atoms with Crippen LogP contribution in [0.15, 0.2) is 48.7 Å². The Morgan fingerprint density at radius 3 is 2.57 bits per heavy atom. The zero-order valence-corrected chi connectivity index (χ0v) is 24.6. The normalized spacial score (nSPS) is 17.2. The van der Waals surface area contributed by atoms with E-state index in [-0.39, 0.29) is 17.8 Å². The molecule has 0 aliphatic carbocycles. The number of halogens is 1. The zero-order valence-electron chi connectivity index (χ0n) is 24.6. The SMILES string of the molecule is Cc1ccc2c(c1F)-c1cccc(c1)-c1cc3c(c(CC(=O)O)c(C)cn3n1)N1CCC(C)(CC1)OCCCCCO2. The van der Waals surface area contributed by atoms with Gasteiger partial charge in [-0.1, -0.05) is 24.3 Å². The number of hydrogen-bond donors (Lipinski definition) is 1. The molecule has 1 saturated heterocycles. The Labute approximate surface area is 245 Å². The fourth-order valence-corrected chi connectivity index (χ4v) is 6.26. The molecule has 0 spiro atoms. The van der Waals surface area contributed by atoms with E-state index in [4.69, 9.17) is 14.6 Å². The van der Waals surface area contributed by atoms with E-state index in [1.165, 1.54) is 0 Å². The number of fused-ring (bicyclic) bond motifs is 8. The number of aromatic nitrogens is 2. The van der Waals surface area contributed by atoms with Gasteiger partial charge in [-0.05, 0) is 93.3 Å². The largest absolute Gasteiger partial charge is 0.493 e. The highest BCUT2D eigenvalue weighted by Gasteiger charge is 2.33. The van der Waals surface area contributed by atoms with Gasteiger partial charge in [0.15, 0.2) is 0 Å². The van der Waals surface area contributed by atoms with Crippen LogP contribution in [0, 0.1) is 19.7 Å². The average Bonchev–Trinajstić information content (AvgIpc) is 3.38. The summed E-state index contributed by atoms with van der Waals surface area (Å²) in [5, 5.41) is 14.7. The predicted molar refractivity (Wildman–Crippen MR) is 162 cm³/mol. The van der Waals surface area contributed by atoms with Crippen molar-refractivity contribution in [1.29, 1.82) is 0 Å². The molecule has 2 aromatic carbocycles.